The van der Waals surface area contributed by atoms with Crippen LogP contribution in [0, 0.1) is 5.82 Å². The van der Waals surface area contributed by atoms with Crippen molar-refractivity contribution in [3.05, 3.63) is 35.6 Å². The number of carbonyl (C=O) groups excluding carboxylic acids is 1. The largest absolute Gasteiger partial charge is 0.351 e. The molecule has 0 aliphatic heterocycles. The van der Waals surface area contributed by atoms with Crippen molar-refractivity contribution >= 4 is 17.5 Å². The zero-order chi connectivity index (χ0) is 13.6. The molecule has 2 nitrogen and oxygen atoms in total. The minimum absolute atomic E-state index is 0.102. The van der Waals surface area contributed by atoms with E-state index in [1.165, 1.54) is 12.1 Å². The number of nitrogens with one attached hydrogen (secondary N) is 1. The van der Waals surface area contributed by atoms with Crippen molar-refractivity contribution in [2.75, 3.05) is 5.88 Å². The molecule has 4 heteroatoms. The highest BCUT2D eigenvalue weighted by atomic mass is 35.5. The molecule has 0 radical (unpaired) electrons. The molecule has 1 aromatic rings. The van der Waals surface area contributed by atoms with Crippen LogP contribution in [0.15, 0.2) is 24.3 Å². The normalized spacial score (nSPS) is 14.0. The molecule has 0 aromatic heterocycles. The number of alkyl halides is 1. The van der Waals surface area contributed by atoms with Gasteiger partial charge >= 0.3 is 0 Å². The number of halogens is 2. The Kier molecular flexibility index (Phi) is 5.60. The highest BCUT2D eigenvalue weighted by Gasteiger charge is 2.23. The van der Waals surface area contributed by atoms with Crippen LogP contribution in [0.4, 0.5) is 4.39 Å². The number of benzene rings is 1. The molecule has 1 amide bonds. The predicted molar refractivity (Wildman–Crippen MR) is 72.3 cm³/mol. The van der Waals surface area contributed by atoms with Crippen LogP contribution >= 0.6 is 11.6 Å². The zero-order valence-corrected chi connectivity index (χ0v) is 11.6. The summed E-state index contributed by atoms with van der Waals surface area (Å²) in [5.41, 5.74) is 0.392. The summed E-state index contributed by atoms with van der Waals surface area (Å²) >= 11 is 5.73. The van der Waals surface area contributed by atoms with Gasteiger partial charge in [0.15, 0.2) is 0 Å². The van der Waals surface area contributed by atoms with Gasteiger partial charge in [-0.15, -0.1) is 11.6 Å². The third kappa shape index (κ3) is 4.65. The molecule has 1 unspecified atom stereocenters. The van der Waals surface area contributed by atoms with E-state index in [1.54, 1.807) is 12.1 Å². The zero-order valence-electron chi connectivity index (χ0n) is 10.8. The Hall–Kier alpha value is -1.09. The summed E-state index contributed by atoms with van der Waals surface area (Å²) in [5, 5.41) is 2.97. The van der Waals surface area contributed by atoms with Crippen molar-refractivity contribution in [2.24, 2.45) is 0 Å². The van der Waals surface area contributed by atoms with E-state index in [0.29, 0.717) is 11.4 Å². The Labute approximate surface area is 113 Å². The van der Waals surface area contributed by atoms with Gasteiger partial charge in [-0.25, -0.2) is 4.39 Å². The first-order valence-electron chi connectivity index (χ1n) is 6.10. The highest BCUT2D eigenvalue weighted by molar-refractivity contribution is 6.17. The van der Waals surface area contributed by atoms with E-state index < -0.39 is 0 Å². The second kappa shape index (κ2) is 6.74. The van der Waals surface area contributed by atoms with Gasteiger partial charge in [0, 0.05) is 11.4 Å². The van der Waals surface area contributed by atoms with Gasteiger partial charge in [0.25, 0.3) is 0 Å². The van der Waals surface area contributed by atoms with E-state index in [4.69, 9.17) is 11.6 Å². The molecule has 0 saturated heterocycles. The molecule has 18 heavy (non-hydrogen) atoms. The van der Waals surface area contributed by atoms with Crippen LogP contribution in [-0.2, 0) is 11.2 Å². The molecule has 0 heterocycles. The van der Waals surface area contributed by atoms with Crippen molar-refractivity contribution in [1.82, 2.24) is 5.32 Å². The Morgan fingerprint density at radius 3 is 2.78 bits per heavy atom. The predicted octanol–water partition coefficient (Wildman–Crippen LogP) is 3.28. The molecule has 0 fully saturated rings. The van der Waals surface area contributed by atoms with Crippen LogP contribution in [0.25, 0.3) is 0 Å². The summed E-state index contributed by atoms with van der Waals surface area (Å²) in [7, 11) is 0. The molecule has 0 bridgehead atoms. The lowest BCUT2D eigenvalue weighted by atomic mass is 9.95. The van der Waals surface area contributed by atoms with E-state index in [1.807, 2.05) is 13.8 Å². The van der Waals surface area contributed by atoms with Crippen LogP contribution < -0.4 is 5.32 Å². The summed E-state index contributed by atoms with van der Waals surface area (Å²) in [6.45, 7) is 3.98. The number of carbonyl (C=O) groups is 1. The minimum Gasteiger partial charge on any atom is -0.351 e. The van der Waals surface area contributed by atoms with Crippen LogP contribution in [0.3, 0.4) is 0 Å². The first kappa shape index (κ1) is 15.0. The molecular weight excluding hydrogens is 253 g/mol. The number of rotatable bonds is 6. The van der Waals surface area contributed by atoms with Gasteiger partial charge in [-0.3, -0.25) is 4.79 Å². The maximum atomic E-state index is 13.0. The van der Waals surface area contributed by atoms with E-state index in [2.05, 4.69) is 5.32 Å². The third-order valence-corrected chi connectivity index (χ3v) is 3.31. The molecule has 1 aromatic carbocycles. The molecule has 0 saturated carbocycles. The Morgan fingerprint density at radius 1 is 1.50 bits per heavy atom. The van der Waals surface area contributed by atoms with Crippen molar-refractivity contribution in [3.63, 3.8) is 0 Å². The Bertz CT molecular complexity index is 411. The number of hydrogen-bond acceptors (Lipinski definition) is 1. The van der Waals surface area contributed by atoms with E-state index in [-0.39, 0.29) is 23.7 Å². The van der Waals surface area contributed by atoms with E-state index in [0.717, 1.165) is 12.8 Å². The topological polar surface area (TPSA) is 29.1 Å². The highest BCUT2D eigenvalue weighted by Crippen LogP contribution is 2.15. The monoisotopic (exact) mass is 271 g/mol. The van der Waals surface area contributed by atoms with E-state index in [9.17, 15) is 9.18 Å². The van der Waals surface area contributed by atoms with Gasteiger partial charge in [0.2, 0.25) is 5.91 Å². The molecule has 0 spiro atoms. The maximum Gasteiger partial charge on any atom is 0.224 e. The fourth-order valence-corrected chi connectivity index (χ4v) is 2.17. The summed E-state index contributed by atoms with van der Waals surface area (Å²) in [6, 6.07) is 6.10. The van der Waals surface area contributed by atoms with E-state index >= 15 is 0 Å². The summed E-state index contributed by atoms with van der Waals surface area (Å²) in [6.07, 6.45) is 1.73. The van der Waals surface area contributed by atoms with Gasteiger partial charge in [-0.2, -0.15) is 0 Å². The fraction of sp³-hybridized carbons (Fsp3) is 0.500. The quantitative estimate of drug-likeness (QED) is 0.791. The Morgan fingerprint density at radius 2 is 2.22 bits per heavy atom. The number of hydrogen-bond donors (Lipinski definition) is 1. The van der Waals surface area contributed by atoms with Crippen LogP contribution in [0.5, 0.6) is 0 Å². The smallest absolute Gasteiger partial charge is 0.224 e. The Balaban J connectivity index is 2.61. The lowest BCUT2D eigenvalue weighted by Gasteiger charge is -2.29. The average molecular weight is 272 g/mol. The van der Waals surface area contributed by atoms with Crippen molar-refractivity contribution < 1.29 is 9.18 Å². The maximum absolute atomic E-state index is 13.0. The lowest BCUT2D eigenvalue weighted by Crippen LogP contribution is -2.46. The molecule has 1 rings (SSSR count). The van der Waals surface area contributed by atoms with Crippen LogP contribution in [-0.4, -0.2) is 17.3 Å². The van der Waals surface area contributed by atoms with Gasteiger partial charge in [-0.05, 0) is 37.5 Å². The summed E-state index contributed by atoms with van der Waals surface area (Å²) < 4.78 is 13.0. The third-order valence-electron chi connectivity index (χ3n) is 3.12. The first-order valence-corrected chi connectivity index (χ1v) is 6.64. The standard InChI is InChI=1S/C14H19ClFNO/c1-3-14(2,7-8-15)17-13(18)10-11-5-4-6-12(16)9-11/h4-6,9H,3,7-8,10H2,1-2H3,(H,17,18). The minimum atomic E-state index is -0.320. The second-order valence-electron chi connectivity index (χ2n) is 4.71. The molecule has 1 N–H and O–H groups in total. The van der Waals surface area contributed by atoms with Gasteiger partial charge in [-0.1, -0.05) is 19.1 Å². The first-order chi connectivity index (χ1) is 8.49. The summed E-state index contributed by atoms with van der Waals surface area (Å²) in [5.74, 6) is 0.0827. The molecule has 1 atom stereocenters. The second-order valence-corrected chi connectivity index (χ2v) is 5.09. The molecule has 100 valence electrons. The van der Waals surface area contributed by atoms with Crippen molar-refractivity contribution in [3.8, 4) is 0 Å². The van der Waals surface area contributed by atoms with Crippen molar-refractivity contribution in [1.29, 1.82) is 0 Å². The van der Waals surface area contributed by atoms with Gasteiger partial charge in [0.05, 0.1) is 6.42 Å². The molecular formula is C14H19ClFNO. The SMILES string of the molecule is CCC(C)(CCCl)NC(=O)Cc1cccc(F)c1. The van der Waals surface area contributed by atoms with Gasteiger partial charge < -0.3 is 5.32 Å². The fourth-order valence-electron chi connectivity index (χ4n) is 1.75. The molecule has 0 aliphatic rings. The summed E-state index contributed by atoms with van der Waals surface area (Å²) in [4.78, 5) is 11.9. The molecule has 0 aliphatic carbocycles. The van der Waals surface area contributed by atoms with Gasteiger partial charge in [0.1, 0.15) is 5.82 Å². The average Bonchev–Trinajstić information content (AvgIpc) is 2.29. The van der Waals surface area contributed by atoms with Crippen LogP contribution in [0.1, 0.15) is 32.3 Å². The van der Waals surface area contributed by atoms with Crippen molar-refractivity contribution in [2.45, 2.75) is 38.6 Å². The lowest BCUT2D eigenvalue weighted by molar-refractivity contribution is -0.122. The van der Waals surface area contributed by atoms with Crippen LogP contribution in [0.2, 0.25) is 0 Å². The number of amides is 1.